The molecule has 0 aliphatic heterocycles. The van der Waals surface area contributed by atoms with Gasteiger partial charge in [-0.15, -0.1) is 0 Å². The van der Waals surface area contributed by atoms with Crippen molar-refractivity contribution in [3.63, 3.8) is 0 Å². The van der Waals surface area contributed by atoms with Crippen molar-refractivity contribution in [1.82, 2.24) is 14.9 Å². The number of benzene rings is 1. The zero-order chi connectivity index (χ0) is 16.3. The second-order valence-electron chi connectivity index (χ2n) is 5.44. The number of hydrogen-bond acceptors (Lipinski definition) is 2. The lowest BCUT2D eigenvalue weighted by Crippen LogP contribution is -2.31. The first-order valence-corrected chi connectivity index (χ1v) is 7.53. The number of rotatable bonds is 5. The lowest BCUT2D eigenvalue weighted by Gasteiger charge is -2.18. The van der Waals surface area contributed by atoms with Crippen molar-refractivity contribution >= 4 is 17.5 Å². The summed E-state index contributed by atoms with van der Waals surface area (Å²) >= 11 is 5.95. The van der Waals surface area contributed by atoms with Gasteiger partial charge in [-0.05, 0) is 19.1 Å². The molecule has 1 N–H and O–H groups in total. The Morgan fingerprint density at radius 2 is 2.14 bits per heavy atom. The summed E-state index contributed by atoms with van der Waals surface area (Å²) < 4.78 is 15.5. The Hall–Kier alpha value is -1.88. The van der Waals surface area contributed by atoms with Crippen molar-refractivity contribution in [3.8, 4) is 0 Å². The van der Waals surface area contributed by atoms with Gasteiger partial charge in [-0.25, -0.2) is 9.37 Å². The zero-order valence-corrected chi connectivity index (χ0v) is 13.6. The molecule has 0 fully saturated rings. The van der Waals surface area contributed by atoms with Crippen molar-refractivity contribution < 1.29 is 9.18 Å². The predicted octanol–water partition coefficient (Wildman–Crippen LogP) is 3.68. The molecule has 1 aromatic heterocycles. The maximum absolute atomic E-state index is 13.7. The van der Waals surface area contributed by atoms with E-state index in [2.05, 4.69) is 10.3 Å². The molecule has 2 aromatic rings. The van der Waals surface area contributed by atoms with Crippen LogP contribution in [0, 0.1) is 5.82 Å². The molecule has 0 radical (unpaired) electrons. The van der Waals surface area contributed by atoms with Crippen molar-refractivity contribution in [3.05, 3.63) is 52.8 Å². The van der Waals surface area contributed by atoms with Crippen molar-refractivity contribution in [1.29, 1.82) is 0 Å². The minimum Gasteiger partial charge on any atom is -0.350 e. The van der Waals surface area contributed by atoms with Crippen molar-refractivity contribution in [2.45, 2.75) is 39.3 Å². The van der Waals surface area contributed by atoms with Gasteiger partial charge in [0.2, 0.25) is 5.91 Å². The molecule has 0 aliphatic carbocycles. The molecule has 1 heterocycles. The number of carbonyl (C=O) groups is 1. The van der Waals surface area contributed by atoms with E-state index in [4.69, 9.17) is 11.6 Å². The summed E-state index contributed by atoms with van der Waals surface area (Å²) in [5.74, 6) is 0.419. The fourth-order valence-corrected chi connectivity index (χ4v) is 2.48. The Morgan fingerprint density at radius 3 is 2.77 bits per heavy atom. The summed E-state index contributed by atoms with van der Waals surface area (Å²) in [6, 6.07) is 4.03. The Bertz CT molecular complexity index is 649. The Labute approximate surface area is 134 Å². The highest BCUT2D eigenvalue weighted by Crippen LogP contribution is 2.20. The lowest BCUT2D eigenvalue weighted by molar-refractivity contribution is -0.124. The van der Waals surface area contributed by atoms with Gasteiger partial charge in [0, 0.05) is 35.4 Å². The average Bonchev–Trinajstić information content (AvgIpc) is 2.95. The first-order chi connectivity index (χ1) is 10.4. The summed E-state index contributed by atoms with van der Waals surface area (Å²) in [7, 11) is 0. The minimum atomic E-state index is -0.426. The molecule has 22 heavy (non-hydrogen) atoms. The molecule has 6 heteroatoms. The fourth-order valence-electron chi connectivity index (χ4n) is 2.25. The van der Waals surface area contributed by atoms with E-state index < -0.39 is 11.9 Å². The summed E-state index contributed by atoms with van der Waals surface area (Å²) in [5, 5.41) is 3.03. The van der Waals surface area contributed by atoms with E-state index >= 15 is 0 Å². The van der Waals surface area contributed by atoms with E-state index in [0.717, 1.165) is 5.82 Å². The normalized spacial score (nSPS) is 12.5. The molecule has 1 aromatic carbocycles. The van der Waals surface area contributed by atoms with Gasteiger partial charge in [-0.3, -0.25) is 4.79 Å². The molecular formula is C16H19ClFN3O. The monoisotopic (exact) mass is 323 g/mol. The SMILES string of the molecule is CC(C)c1nccn1[C@H](C)C(=O)NCc1c(F)cccc1Cl. The van der Waals surface area contributed by atoms with Gasteiger partial charge in [-0.2, -0.15) is 0 Å². The van der Waals surface area contributed by atoms with Crippen LogP contribution in [0.2, 0.25) is 5.02 Å². The number of halogens is 2. The van der Waals surface area contributed by atoms with Crippen LogP contribution in [0.3, 0.4) is 0 Å². The van der Waals surface area contributed by atoms with Crippen LogP contribution in [0.5, 0.6) is 0 Å². The number of imidazole rings is 1. The lowest BCUT2D eigenvalue weighted by atomic mass is 10.2. The molecule has 2 rings (SSSR count). The van der Waals surface area contributed by atoms with Crippen LogP contribution >= 0.6 is 11.6 Å². The second kappa shape index (κ2) is 6.92. The number of aromatic nitrogens is 2. The standard InChI is InChI=1S/C16H19ClFN3O/c1-10(2)15-19-7-8-21(15)11(3)16(22)20-9-12-13(17)5-4-6-14(12)18/h4-8,10-11H,9H2,1-3H3,(H,20,22)/t11-/m1/s1. The van der Waals surface area contributed by atoms with Gasteiger partial charge in [0.25, 0.3) is 0 Å². The molecule has 1 amide bonds. The highest BCUT2D eigenvalue weighted by molar-refractivity contribution is 6.31. The molecule has 0 spiro atoms. The molecule has 0 aliphatic rings. The van der Waals surface area contributed by atoms with Crippen LogP contribution in [-0.2, 0) is 11.3 Å². The quantitative estimate of drug-likeness (QED) is 0.912. The number of nitrogens with one attached hydrogen (secondary N) is 1. The Balaban J connectivity index is 2.07. The molecule has 4 nitrogen and oxygen atoms in total. The maximum atomic E-state index is 13.7. The average molecular weight is 324 g/mol. The first-order valence-electron chi connectivity index (χ1n) is 7.15. The highest BCUT2D eigenvalue weighted by Gasteiger charge is 2.19. The van der Waals surface area contributed by atoms with Gasteiger partial charge >= 0.3 is 0 Å². The Kier molecular flexibility index (Phi) is 5.19. The second-order valence-corrected chi connectivity index (χ2v) is 5.85. The van der Waals surface area contributed by atoms with Crippen molar-refractivity contribution in [2.24, 2.45) is 0 Å². The number of nitrogens with zero attached hydrogens (tertiary/aromatic N) is 2. The third-order valence-electron chi connectivity index (χ3n) is 3.51. The van der Waals surface area contributed by atoms with Crippen LogP contribution in [0.15, 0.2) is 30.6 Å². The van der Waals surface area contributed by atoms with Crippen LogP contribution < -0.4 is 5.32 Å². The van der Waals surface area contributed by atoms with Crippen LogP contribution in [0.25, 0.3) is 0 Å². The van der Waals surface area contributed by atoms with E-state index in [1.807, 2.05) is 18.4 Å². The van der Waals surface area contributed by atoms with E-state index in [0.29, 0.717) is 10.6 Å². The van der Waals surface area contributed by atoms with Gasteiger partial charge in [-0.1, -0.05) is 31.5 Å². The van der Waals surface area contributed by atoms with E-state index in [9.17, 15) is 9.18 Å². The minimum absolute atomic E-state index is 0.0559. The van der Waals surface area contributed by atoms with Gasteiger partial charge in [0.1, 0.15) is 17.7 Å². The summed E-state index contributed by atoms with van der Waals surface area (Å²) in [6.45, 7) is 5.87. The third kappa shape index (κ3) is 3.47. The van der Waals surface area contributed by atoms with Crippen LogP contribution in [0.1, 0.15) is 44.1 Å². The number of carbonyl (C=O) groups excluding carboxylic acids is 1. The molecule has 0 saturated carbocycles. The number of hydrogen-bond donors (Lipinski definition) is 1. The predicted molar refractivity (Wildman–Crippen MR) is 84.3 cm³/mol. The van der Waals surface area contributed by atoms with E-state index in [1.54, 1.807) is 25.4 Å². The van der Waals surface area contributed by atoms with Crippen LogP contribution in [-0.4, -0.2) is 15.5 Å². The first kappa shape index (κ1) is 16.5. The maximum Gasteiger partial charge on any atom is 0.243 e. The third-order valence-corrected chi connectivity index (χ3v) is 3.87. The van der Waals surface area contributed by atoms with Crippen molar-refractivity contribution in [2.75, 3.05) is 0 Å². The molecule has 1 atom stereocenters. The number of amides is 1. The fraction of sp³-hybridized carbons (Fsp3) is 0.375. The summed E-state index contributed by atoms with van der Waals surface area (Å²) in [5.41, 5.74) is 0.291. The van der Waals surface area contributed by atoms with E-state index in [1.165, 1.54) is 12.1 Å². The smallest absolute Gasteiger partial charge is 0.243 e. The summed E-state index contributed by atoms with van der Waals surface area (Å²) in [6.07, 6.45) is 3.45. The van der Waals surface area contributed by atoms with E-state index in [-0.39, 0.29) is 18.4 Å². The molecule has 0 saturated heterocycles. The van der Waals surface area contributed by atoms with Gasteiger partial charge < -0.3 is 9.88 Å². The Morgan fingerprint density at radius 1 is 1.41 bits per heavy atom. The largest absolute Gasteiger partial charge is 0.350 e. The molecule has 118 valence electrons. The van der Waals surface area contributed by atoms with Gasteiger partial charge in [0.15, 0.2) is 0 Å². The topological polar surface area (TPSA) is 46.9 Å². The van der Waals surface area contributed by atoms with Crippen LogP contribution in [0.4, 0.5) is 4.39 Å². The molecular weight excluding hydrogens is 305 g/mol. The summed E-state index contributed by atoms with van der Waals surface area (Å²) in [4.78, 5) is 16.6. The molecule has 0 unspecified atom stereocenters. The molecule has 0 bridgehead atoms. The zero-order valence-electron chi connectivity index (χ0n) is 12.8. The van der Waals surface area contributed by atoms with Gasteiger partial charge in [0.05, 0.1) is 0 Å². The highest BCUT2D eigenvalue weighted by atomic mass is 35.5.